The quantitative estimate of drug-likeness (QED) is 0.723. The third kappa shape index (κ3) is 2.31. The van der Waals surface area contributed by atoms with Gasteiger partial charge in [-0.15, -0.1) is 11.3 Å². The molecule has 1 fully saturated rings. The van der Waals surface area contributed by atoms with Crippen LogP contribution in [0.1, 0.15) is 23.0 Å². The van der Waals surface area contributed by atoms with Crippen LogP contribution in [0.2, 0.25) is 0 Å². The maximum absolute atomic E-state index is 5.78. The van der Waals surface area contributed by atoms with E-state index in [1.807, 2.05) is 11.7 Å². The summed E-state index contributed by atoms with van der Waals surface area (Å²) in [6, 6.07) is 2.24. The molecule has 4 rings (SSSR count). The van der Waals surface area contributed by atoms with E-state index in [1.165, 1.54) is 11.3 Å². The molecule has 0 N–H and O–H groups in total. The summed E-state index contributed by atoms with van der Waals surface area (Å²) in [6.45, 7) is 6.37. The Morgan fingerprint density at radius 1 is 1.30 bits per heavy atom. The highest BCUT2D eigenvalue weighted by Gasteiger charge is 2.31. The van der Waals surface area contributed by atoms with Crippen molar-refractivity contribution in [2.24, 2.45) is 7.05 Å². The largest absolute Gasteiger partial charge is 0.377 e. The van der Waals surface area contributed by atoms with Gasteiger partial charge in [0.15, 0.2) is 0 Å². The Balaban J connectivity index is 1.84. The molecule has 0 amide bonds. The van der Waals surface area contributed by atoms with E-state index >= 15 is 0 Å². The van der Waals surface area contributed by atoms with E-state index in [1.54, 1.807) is 17.7 Å². The molecule has 0 aromatic carbocycles. The molecule has 0 unspecified atom stereocenters. The number of rotatable bonds is 2. The van der Waals surface area contributed by atoms with Crippen LogP contribution in [-0.2, 0) is 11.8 Å². The summed E-state index contributed by atoms with van der Waals surface area (Å²) in [6.07, 6.45) is 1.66. The number of hydrogen-bond acceptors (Lipinski definition) is 6. The Labute approximate surface area is 138 Å². The minimum Gasteiger partial charge on any atom is -0.377 e. The predicted molar refractivity (Wildman–Crippen MR) is 91.0 cm³/mol. The van der Waals surface area contributed by atoms with Gasteiger partial charge in [-0.3, -0.25) is 4.68 Å². The Kier molecular flexibility index (Phi) is 3.54. The molecule has 1 aliphatic rings. The van der Waals surface area contributed by atoms with Gasteiger partial charge in [0, 0.05) is 24.8 Å². The number of ether oxygens (including phenoxy) is 1. The van der Waals surface area contributed by atoms with Gasteiger partial charge in [-0.1, -0.05) is 0 Å². The van der Waals surface area contributed by atoms with Crippen molar-refractivity contribution in [2.45, 2.75) is 19.9 Å². The fourth-order valence-electron chi connectivity index (χ4n) is 3.37. The third-order valence-corrected chi connectivity index (χ3v) is 5.36. The molecule has 6 nitrogen and oxygen atoms in total. The molecule has 0 spiro atoms. The number of morpholine rings is 1. The van der Waals surface area contributed by atoms with Crippen molar-refractivity contribution in [3.8, 4) is 0 Å². The number of nitrogens with zero attached hydrogens (tertiary/aromatic N) is 5. The first kappa shape index (κ1) is 14.6. The van der Waals surface area contributed by atoms with Crippen LogP contribution in [0.25, 0.3) is 10.2 Å². The van der Waals surface area contributed by atoms with E-state index in [2.05, 4.69) is 45.3 Å². The normalized spacial score (nSPS) is 18.7. The fraction of sp³-hybridized carbons (Fsp3) is 0.438. The van der Waals surface area contributed by atoms with Crippen LogP contribution in [0.3, 0.4) is 0 Å². The second-order valence-corrected chi connectivity index (χ2v) is 6.72. The zero-order valence-corrected chi connectivity index (χ0v) is 14.3. The zero-order valence-electron chi connectivity index (χ0n) is 13.5. The molecule has 0 aliphatic carbocycles. The number of aromatic nitrogens is 4. The third-order valence-electron chi connectivity index (χ3n) is 4.54. The topological polar surface area (TPSA) is 56.1 Å². The van der Waals surface area contributed by atoms with Crippen LogP contribution in [0, 0.1) is 13.8 Å². The Morgan fingerprint density at radius 3 is 2.96 bits per heavy atom. The van der Waals surface area contributed by atoms with E-state index < -0.39 is 0 Å². The van der Waals surface area contributed by atoms with Crippen molar-refractivity contribution < 1.29 is 4.74 Å². The summed E-state index contributed by atoms with van der Waals surface area (Å²) >= 11 is 1.65. The molecule has 0 bridgehead atoms. The smallest absolute Gasteiger partial charge is 0.141 e. The Bertz CT molecular complexity index is 855. The Hall–Kier alpha value is -1.99. The average molecular weight is 329 g/mol. The standard InChI is InChI=1S/C16H19N5OS/c1-10-14(11(2)20(3)19-10)13-8-22-6-5-21(13)15-12-4-7-23-16(12)18-9-17-15/h4,7,9,13H,5-6,8H2,1-3H3/t13-/m0/s1. The predicted octanol–water partition coefficient (Wildman–Crippen LogP) is 2.62. The summed E-state index contributed by atoms with van der Waals surface area (Å²) < 4.78 is 7.72. The minimum absolute atomic E-state index is 0.135. The van der Waals surface area contributed by atoms with Crippen molar-refractivity contribution in [3.05, 3.63) is 34.7 Å². The molecular formula is C16H19N5OS. The van der Waals surface area contributed by atoms with E-state index in [-0.39, 0.29) is 6.04 Å². The van der Waals surface area contributed by atoms with Gasteiger partial charge in [-0.05, 0) is 25.3 Å². The highest BCUT2D eigenvalue weighted by Crippen LogP contribution is 2.36. The first-order chi connectivity index (χ1) is 11.2. The summed E-state index contributed by atoms with van der Waals surface area (Å²) in [5.74, 6) is 0.993. The summed E-state index contributed by atoms with van der Waals surface area (Å²) in [5.41, 5.74) is 3.48. The SMILES string of the molecule is Cc1nn(C)c(C)c1[C@@H]1COCCN1c1ncnc2sccc12. The molecule has 3 aromatic heterocycles. The lowest BCUT2D eigenvalue weighted by atomic mass is 10.0. The van der Waals surface area contributed by atoms with Gasteiger partial charge in [0.05, 0.1) is 30.3 Å². The lowest BCUT2D eigenvalue weighted by Gasteiger charge is -2.37. The first-order valence-corrected chi connectivity index (χ1v) is 8.57. The summed E-state index contributed by atoms with van der Waals surface area (Å²) in [5, 5.41) is 7.75. The number of thiophene rings is 1. The molecule has 1 saturated heterocycles. The van der Waals surface area contributed by atoms with Gasteiger partial charge in [0.2, 0.25) is 0 Å². The number of aryl methyl sites for hydroxylation is 2. The molecule has 4 heterocycles. The summed E-state index contributed by atoms with van der Waals surface area (Å²) in [7, 11) is 1.99. The van der Waals surface area contributed by atoms with Crippen molar-refractivity contribution in [3.63, 3.8) is 0 Å². The lowest BCUT2D eigenvalue weighted by Crippen LogP contribution is -2.40. The van der Waals surface area contributed by atoms with Crippen LogP contribution < -0.4 is 4.90 Å². The maximum Gasteiger partial charge on any atom is 0.141 e. The molecule has 1 atom stereocenters. The first-order valence-electron chi connectivity index (χ1n) is 7.69. The van der Waals surface area contributed by atoms with Gasteiger partial charge < -0.3 is 9.64 Å². The van der Waals surface area contributed by atoms with Crippen molar-refractivity contribution in [2.75, 3.05) is 24.7 Å². The number of fused-ring (bicyclic) bond motifs is 1. The van der Waals surface area contributed by atoms with E-state index in [0.717, 1.165) is 28.3 Å². The molecule has 0 radical (unpaired) electrons. The van der Waals surface area contributed by atoms with Gasteiger partial charge in [0.25, 0.3) is 0 Å². The molecule has 0 saturated carbocycles. The second kappa shape index (κ2) is 5.58. The lowest BCUT2D eigenvalue weighted by molar-refractivity contribution is 0.0935. The van der Waals surface area contributed by atoms with Crippen LogP contribution in [0.4, 0.5) is 5.82 Å². The van der Waals surface area contributed by atoms with E-state index in [9.17, 15) is 0 Å². The van der Waals surface area contributed by atoms with E-state index in [0.29, 0.717) is 13.2 Å². The summed E-state index contributed by atoms with van der Waals surface area (Å²) in [4.78, 5) is 12.3. The average Bonchev–Trinajstić information content (AvgIpc) is 3.12. The Morgan fingerprint density at radius 2 is 2.17 bits per heavy atom. The van der Waals surface area contributed by atoms with Crippen LogP contribution in [-0.4, -0.2) is 39.5 Å². The highest BCUT2D eigenvalue weighted by molar-refractivity contribution is 7.16. The highest BCUT2D eigenvalue weighted by atomic mass is 32.1. The van der Waals surface area contributed by atoms with Crippen molar-refractivity contribution in [1.29, 1.82) is 0 Å². The fourth-order valence-corrected chi connectivity index (χ4v) is 4.10. The molecule has 7 heteroatoms. The van der Waals surface area contributed by atoms with Gasteiger partial charge in [-0.2, -0.15) is 5.10 Å². The van der Waals surface area contributed by atoms with E-state index in [4.69, 9.17) is 4.74 Å². The van der Waals surface area contributed by atoms with Gasteiger partial charge in [-0.25, -0.2) is 9.97 Å². The van der Waals surface area contributed by atoms with Gasteiger partial charge in [0.1, 0.15) is 17.0 Å². The van der Waals surface area contributed by atoms with Gasteiger partial charge >= 0.3 is 0 Å². The van der Waals surface area contributed by atoms with Crippen LogP contribution in [0.5, 0.6) is 0 Å². The maximum atomic E-state index is 5.78. The molecule has 120 valence electrons. The molecule has 23 heavy (non-hydrogen) atoms. The number of anilines is 1. The molecule has 3 aromatic rings. The van der Waals surface area contributed by atoms with Crippen LogP contribution >= 0.6 is 11.3 Å². The van der Waals surface area contributed by atoms with Crippen LogP contribution in [0.15, 0.2) is 17.8 Å². The zero-order chi connectivity index (χ0) is 16.0. The van der Waals surface area contributed by atoms with Crippen molar-refractivity contribution in [1.82, 2.24) is 19.7 Å². The minimum atomic E-state index is 0.135. The second-order valence-electron chi connectivity index (χ2n) is 5.83. The molecular weight excluding hydrogens is 310 g/mol. The monoisotopic (exact) mass is 329 g/mol. The number of hydrogen-bond donors (Lipinski definition) is 0. The molecule has 1 aliphatic heterocycles. The van der Waals surface area contributed by atoms with Crippen molar-refractivity contribution >= 4 is 27.4 Å².